The van der Waals surface area contributed by atoms with E-state index in [1.54, 1.807) is 0 Å². The smallest absolute Gasteiger partial charge is 0.194 e. The average molecular weight is 572 g/mol. The largest absolute Gasteiger partial charge is 0.492 e. The normalized spacial score (nSPS) is 17.7. The molecule has 1 N–H and O–H groups in total. The fourth-order valence-electron chi connectivity index (χ4n) is 4.00. The zero-order chi connectivity index (χ0) is 21.3. The third-order valence-electron chi connectivity index (χ3n) is 5.79. The van der Waals surface area contributed by atoms with E-state index in [2.05, 4.69) is 60.7 Å². The van der Waals surface area contributed by atoms with Crippen molar-refractivity contribution in [3.05, 3.63) is 47.3 Å². The van der Waals surface area contributed by atoms with Gasteiger partial charge in [-0.3, -0.25) is 9.89 Å². The number of aliphatic imine (C=N–C) groups is 1. The van der Waals surface area contributed by atoms with Crippen molar-refractivity contribution in [3.63, 3.8) is 0 Å². The molecule has 2 aliphatic heterocycles. The van der Waals surface area contributed by atoms with Crippen molar-refractivity contribution in [1.82, 2.24) is 15.1 Å². The minimum atomic E-state index is 0. The Balaban J connectivity index is 0.00000289. The molecule has 2 fully saturated rings. The minimum Gasteiger partial charge on any atom is -0.492 e. The second-order valence-electron chi connectivity index (χ2n) is 7.74. The Morgan fingerprint density at radius 1 is 1.06 bits per heavy atom. The van der Waals surface area contributed by atoms with E-state index in [9.17, 15) is 0 Å². The van der Waals surface area contributed by atoms with Crippen LogP contribution in [-0.4, -0.2) is 88.4 Å². The number of para-hydroxylation sites is 1. The zero-order valence-electron chi connectivity index (χ0n) is 18.7. The molecule has 0 unspecified atom stereocenters. The van der Waals surface area contributed by atoms with Crippen molar-refractivity contribution < 1.29 is 9.47 Å². The van der Waals surface area contributed by atoms with E-state index >= 15 is 0 Å². The number of nitrogens with one attached hydrogen (secondary N) is 1. The van der Waals surface area contributed by atoms with Crippen LogP contribution in [0, 0.1) is 0 Å². The maximum atomic E-state index is 6.13. The summed E-state index contributed by atoms with van der Waals surface area (Å²) in [4.78, 5) is 11.7. The lowest BCUT2D eigenvalue weighted by atomic mass is 10.2. The van der Waals surface area contributed by atoms with Crippen LogP contribution in [0.3, 0.4) is 0 Å². The van der Waals surface area contributed by atoms with E-state index in [-0.39, 0.29) is 24.0 Å². The Bertz CT molecular complexity index is 822. The number of thiophene rings is 1. The molecule has 0 atom stereocenters. The van der Waals surface area contributed by atoms with Crippen molar-refractivity contribution in [3.8, 4) is 5.75 Å². The van der Waals surface area contributed by atoms with E-state index in [1.807, 2.05) is 24.5 Å². The first-order valence-electron chi connectivity index (χ1n) is 11.1. The molecular formula is C23H34IN5O2S. The third kappa shape index (κ3) is 6.97. The predicted octanol–water partition coefficient (Wildman–Crippen LogP) is 2.97. The maximum absolute atomic E-state index is 6.13. The molecule has 0 amide bonds. The van der Waals surface area contributed by atoms with Crippen LogP contribution in [0.25, 0.3) is 0 Å². The summed E-state index contributed by atoms with van der Waals surface area (Å²) in [7, 11) is 1.86. The molecule has 2 saturated heterocycles. The minimum absolute atomic E-state index is 0. The molecule has 0 saturated carbocycles. The molecule has 0 spiro atoms. The van der Waals surface area contributed by atoms with Gasteiger partial charge in [-0.05, 0) is 23.6 Å². The number of hydrogen-bond donors (Lipinski definition) is 1. The van der Waals surface area contributed by atoms with Gasteiger partial charge in [0.2, 0.25) is 0 Å². The number of nitrogens with zero attached hydrogens (tertiary/aromatic N) is 4. The summed E-state index contributed by atoms with van der Waals surface area (Å²) in [6.45, 7) is 9.91. The molecule has 4 rings (SSSR count). The standard InChI is InChI=1S/C23H33N5O2S.HI/c1-24-23(28-10-8-27(9-11-28)22-7-4-18-31-22)25-19-20-5-2-3-6-21(20)30-17-14-26-12-15-29-16-13-26;/h2-7,18H,8-17,19H2,1H3,(H,24,25);1H. The predicted molar refractivity (Wildman–Crippen MR) is 143 cm³/mol. The molecule has 0 aliphatic carbocycles. The summed E-state index contributed by atoms with van der Waals surface area (Å²) in [6, 6.07) is 12.6. The number of ether oxygens (including phenoxy) is 2. The van der Waals surface area contributed by atoms with Gasteiger partial charge < -0.3 is 24.6 Å². The summed E-state index contributed by atoms with van der Waals surface area (Å²) in [5, 5.41) is 7.03. The number of benzene rings is 1. The molecule has 0 bridgehead atoms. The Labute approximate surface area is 212 Å². The van der Waals surface area contributed by atoms with Crippen molar-refractivity contribution in [1.29, 1.82) is 0 Å². The van der Waals surface area contributed by atoms with Gasteiger partial charge in [-0.1, -0.05) is 18.2 Å². The second-order valence-corrected chi connectivity index (χ2v) is 8.66. The highest BCUT2D eigenvalue weighted by Crippen LogP contribution is 2.22. The Hall–Kier alpha value is -1.56. The van der Waals surface area contributed by atoms with Crippen LogP contribution < -0.4 is 15.0 Å². The van der Waals surface area contributed by atoms with Crippen LogP contribution in [0.2, 0.25) is 0 Å². The van der Waals surface area contributed by atoms with Gasteiger partial charge in [-0.25, -0.2) is 0 Å². The Morgan fingerprint density at radius 2 is 1.84 bits per heavy atom. The lowest BCUT2D eigenvalue weighted by molar-refractivity contribution is 0.0322. The molecule has 0 radical (unpaired) electrons. The number of morpholine rings is 1. The van der Waals surface area contributed by atoms with Gasteiger partial charge in [-0.15, -0.1) is 35.3 Å². The van der Waals surface area contributed by atoms with Crippen molar-refractivity contribution in [2.24, 2.45) is 4.99 Å². The number of hydrogen-bond acceptors (Lipinski definition) is 6. The summed E-state index contributed by atoms with van der Waals surface area (Å²) in [6.07, 6.45) is 0. The summed E-state index contributed by atoms with van der Waals surface area (Å²) < 4.78 is 11.5. The molecular weight excluding hydrogens is 537 g/mol. The third-order valence-corrected chi connectivity index (χ3v) is 6.72. The SMILES string of the molecule is CN=C(NCc1ccccc1OCCN1CCOCC1)N1CCN(c2cccs2)CC1.I. The van der Waals surface area contributed by atoms with Crippen LogP contribution in [0.1, 0.15) is 5.56 Å². The number of guanidine groups is 1. The monoisotopic (exact) mass is 571 g/mol. The molecule has 9 heteroatoms. The fourth-order valence-corrected chi connectivity index (χ4v) is 4.78. The topological polar surface area (TPSA) is 52.6 Å². The van der Waals surface area contributed by atoms with Gasteiger partial charge in [0.25, 0.3) is 0 Å². The molecule has 7 nitrogen and oxygen atoms in total. The Morgan fingerprint density at radius 3 is 2.56 bits per heavy atom. The lowest BCUT2D eigenvalue weighted by Gasteiger charge is -2.37. The van der Waals surface area contributed by atoms with Crippen LogP contribution in [0.4, 0.5) is 5.00 Å². The second kappa shape index (κ2) is 13.2. The molecule has 176 valence electrons. The van der Waals surface area contributed by atoms with Gasteiger partial charge >= 0.3 is 0 Å². The van der Waals surface area contributed by atoms with Crippen molar-refractivity contribution >= 4 is 46.3 Å². The molecule has 3 heterocycles. The van der Waals surface area contributed by atoms with Crippen molar-refractivity contribution in [2.75, 3.05) is 77.6 Å². The van der Waals surface area contributed by atoms with Gasteiger partial charge in [0, 0.05) is 65.0 Å². The van der Waals surface area contributed by atoms with Gasteiger partial charge in [0.15, 0.2) is 5.96 Å². The highest BCUT2D eigenvalue weighted by atomic mass is 127. The highest BCUT2D eigenvalue weighted by molar-refractivity contribution is 14.0. The highest BCUT2D eigenvalue weighted by Gasteiger charge is 2.20. The van der Waals surface area contributed by atoms with Crippen LogP contribution in [0.15, 0.2) is 46.8 Å². The molecule has 1 aromatic heterocycles. The first-order valence-corrected chi connectivity index (χ1v) is 12.0. The van der Waals surface area contributed by atoms with Crippen LogP contribution >= 0.6 is 35.3 Å². The molecule has 1 aromatic carbocycles. The summed E-state index contributed by atoms with van der Waals surface area (Å²) >= 11 is 1.81. The quantitative estimate of drug-likeness (QED) is 0.314. The molecule has 2 aliphatic rings. The van der Waals surface area contributed by atoms with Crippen LogP contribution in [-0.2, 0) is 11.3 Å². The van der Waals surface area contributed by atoms with Gasteiger partial charge in [0.1, 0.15) is 12.4 Å². The summed E-state index contributed by atoms with van der Waals surface area (Å²) in [5.74, 6) is 1.90. The maximum Gasteiger partial charge on any atom is 0.194 e. The van der Waals surface area contributed by atoms with Gasteiger partial charge in [-0.2, -0.15) is 0 Å². The Kier molecular flexibility index (Phi) is 10.4. The lowest BCUT2D eigenvalue weighted by Crippen LogP contribution is -2.52. The van der Waals surface area contributed by atoms with E-state index < -0.39 is 0 Å². The van der Waals surface area contributed by atoms with Crippen LogP contribution in [0.5, 0.6) is 5.75 Å². The van der Waals surface area contributed by atoms with Crippen molar-refractivity contribution in [2.45, 2.75) is 6.54 Å². The van der Waals surface area contributed by atoms with E-state index in [4.69, 9.17) is 9.47 Å². The number of rotatable bonds is 7. The molecule has 32 heavy (non-hydrogen) atoms. The fraction of sp³-hybridized carbons (Fsp3) is 0.522. The number of piperazine rings is 1. The van der Waals surface area contributed by atoms with E-state index in [1.165, 1.54) is 5.00 Å². The van der Waals surface area contributed by atoms with Gasteiger partial charge in [0.05, 0.1) is 18.2 Å². The first-order chi connectivity index (χ1) is 15.3. The zero-order valence-corrected chi connectivity index (χ0v) is 21.9. The van der Waals surface area contributed by atoms with E-state index in [0.29, 0.717) is 13.2 Å². The summed E-state index contributed by atoms with van der Waals surface area (Å²) in [5.41, 5.74) is 1.16. The average Bonchev–Trinajstić information content (AvgIpc) is 3.37. The molecule has 2 aromatic rings. The number of halogens is 1. The van der Waals surface area contributed by atoms with E-state index in [0.717, 1.165) is 76.3 Å². The first kappa shape index (κ1) is 25.1. The number of anilines is 1.